The Hall–Kier alpha value is -4.80. The third kappa shape index (κ3) is 3.58. The monoisotopic (exact) mass is 504 g/mol. The number of nitrogens with zero attached hydrogens (tertiary/aromatic N) is 2. The fourth-order valence-corrected chi connectivity index (χ4v) is 10.4. The molecule has 5 aromatic carbocycles. The van der Waals surface area contributed by atoms with Crippen molar-refractivity contribution in [2.45, 2.75) is 0 Å². The lowest BCUT2D eigenvalue weighted by Crippen LogP contribution is -2.74. The molecule has 0 saturated heterocycles. The Morgan fingerprint density at radius 1 is 0.500 bits per heavy atom. The minimum absolute atomic E-state index is 0.610. The quantitative estimate of drug-likeness (QED) is 0.232. The van der Waals surface area contributed by atoms with Crippen LogP contribution < -0.4 is 20.7 Å². The number of rotatable bonds is 5. The lowest BCUT2D eigenvalue weighted by Gasteiger charge is -2.34. The van der Waals surface area contributed by atoms with Crippen molar-refractivity contribution < 1.29 is 4.42 Å². The van der Waals surface area contributed by atoms with E-state index in [-0.39, 0.29) is 0 Å². The summed E-state index contributed by atoms with van der Waals surface area (Å²) in [7, 11) is -2.62. The van der Waals surface area contributed by atoms with E-state index in [1.165, 1.54) is 20.7 Å². The summed E-state index contributed by atoms with van der Waals surface area (Å²) in [5.41, 5.74) is 2.41. The van der Waals surface area contributed by atoms with Gasteiger partial charge < -0.3 is 4.42 Å². The molecule has 0 spiro atoms. The van der Waals surface area contributed by atoms with Crippen LogP contribution in [0.1, 0.15) is 0 Å². The lowest BCUT2D eigenvalue weighted by molar-refractivity contribution is 0.653. The summed E-state index contributed by atoms with van der Waals surface area (Å²) in [6.07, 6.45) is 1.88. The average molecular weight is 505 g/mol. The van der Waals surface area contributed by atoms with Gasteiger partial charge in [-0.25, -0.2) is 4.98 Å². The molecule has 0 unspecified atom stereocenters. The summed E-state index contributed by atoms with van der Waals surface area (Å²) < 4.78 is 6.08. The molecule has 2 heterocycles. The molecule has 3 nitrogen and oxygen atoms in total. The van der Waals surface area contributed by atoms with Crippen molar-refractivity contribution >= 4 is 50.9 Å². The van der Waals surface area contributed by atoms with Crippen molar-refractivity contribution in [1.29, 1.82) is 0 Å². The molecular formula is C34H24N2OSi. The van der Waals surface area contributed by atoms with Gasteiger partial charge in [0.15, 0.2) is 13.9 Å². The molecule has 2 aromatic heterocycles. The highest BCUT2D eigenvalue weighted by Gasteiger charge is 2.41. The average Bonchev–Trinajstić information content (AvgIpc) is 3.37. The van der Waals surface area contributed by atoms with Crippen LogP contribution in [-0.2, 0) is 0 Å². The van der Waals surface area contributed by atoms with Gasteiger partial charge in [0.1, 0.15) is 5.58 Å². The molecule has 0 N–H and O–H groups in total. The number of furan rings is 1. The van der Waals surface area contributed by atoms with Gasteiger partial charge in [-0.2, -0.15) is 4.98 Å². The van der Waals surface area contributed by atoms with Gasteiger partial charge in [0.05, 0.1) is 5.39 Å². The Labute approximate surface area is 222 Å². The van der Waals surface area contributed by atoms with Gasteiger partial charge in [-0.3, -0.25) is 0 Å². The van der Waals surface area contributed by atoms with Gasteiger partial charge in [-0.15, -0.1) is 0 Å². The number of aromatic nitrogens is 2. The molecule has 0 radical (unpaired) electrons. The number of hydrogen-bond acceptors (Lipinski definition) is 3. The maximum Gasteiger partial charge on any atom is 0.230 e. The summed E-state index contributed by atoms with van der Waals surface area (Å²) >= 11 is 0. The van der Waals surface area contributed by atoms with E-state index >= 15 is 0 Å². The Morgan fingerprint density at radius 3 is 1.68 bits per heavy atom. The molecule has 7 rings (SSSR count). The zero-order valence-corrected chi connectivity index (χ0v) is 21.7. The Bertz CT molecular complexity index is 1770. The highest BCUT2D eigenvalue weighted by Crippen LogP contribution is 2.28. The second-order valence-corrected chi connectivity index (χ2v) is 13.2. The molecule has 0 amide bonds. The summed E-state index contributed by atoms with van der Waals surface area (Å²) in [6.45, 7) is 0. The van der Waals surface area contributed by atoms with E-state index in [1.54, 1.807) is 0 Å². The van der Waals surface area contributed by atoms with Crippen molar-refractivity contribution in [1.82, 2.24) is 9.97 Å². The number of benzene rings is 5. The van der Waals surface area contributed by atoms with Crippen LogP contribution in [0.2, 0.25) is 0 Å². The van der Waals surface area contributed by atoms with Crippen LogP contribution in [0.3, 0.4) is 0 Å². The predicted molar refractivity (Wildman–Crippen MR) is 158 cm³/mol. The van der Waals surface area contributed by atoms with Gasteiger partial charge in [-0.1, -0.05) is 133 Å². The highest BCUT2D eigenvalue weighted by molar-refractivity contribution is 7.19. The summed E-state index contributed by atoms with van der Waals surface area (Å²) in [6, 6.07) is 49.5. The van der Waals surface area contributed by atoms with Gasteiger partial charge in [0, 0.05) is 17.1 Å². The number of hydrogen-bond donors (Lipinski definition) is 0. The van der Waals surface area contributed by atoms with E-state index in [0.717, 1.165) is 21.9 Å². The van der Waals surface area contributed by atoms with E-state index in [1.807, 2.05) is 30.5 Å². The largest absolute Gasteiger partial charge is 0.438 e. The van der Waals surface area contributed by atoms with Crippen molar-refractivity contribution in [3.63, 3.8) is 0 Å². The Balaban J connectivity index is 1.48. The molecule has 38 heavy (non-hydrogen) atoms. The van der Waals surface area contributed by atoms with Crippen molar-refractivity contribution in [3.05, 3.63) is 146 Å². The first-order chi connectivity index (χ1) is 18.8. The van der Waals surface area contributed by atoms with Crippen LogP contribution in [-0.4, -0.2) is 18.0 Å². The molecule has 180 valence electrons. The summed E-state index contributed by atoms with van der Waals surface area (Å²) in [5.74, 6) is 0.662. The third-order valence-electron chi connectivity index (χ3n) is 7.31. The first kappa shape index (κ1) is 22.4. The van der Waals surface area contributed by atoms with Crippen molar-refractivity contribution in [3.8, 4) is 11.4 Å². The Kier molecular flexibility index (Phi) is 5.45. The van der Waals surface area contributed by atoms with E-state index in [2.05, 4.69) is 115 Å². The molecule has 0 fully saturated rings. The smallest absolute Gasteiger partial charge is 0.230 e. The number of para-hydroxylation sites is 1. The van der Waals surface area contributed by atoms with E-state index in [4.69, 9.17) is 14.4 Å². The minimum atomic E-state index is -2.62. The van der Waals surface area contributed by atoms with Gasteiger partial charge >= 0.3 is 0 Å². The summed E-state index contributed by atoms with van der Waals surface area (Å²) in [4.78, 5) is 9.65. The van der Waals surface area contributed by atoms with Crippen LogP contribution in [0.5, 0.6) is 0 Å². The molecule has 0 atom stereocenters. The molecule has 0 aliphatic carbocycles. The SMILES string of the molecule is c1ccc([Si](c2ccccc2)(c2ccccc2)c2cccc(-c3ncc4c(n3)oc3ccccc34)c2)cc1. The van der Waals surface area contributed by atoms with Crippen LogP contribution >= 0.6 is 0 Å². The molecule has 0 saturated carbocycles. The standard InChI is InChI=1S/C34H24N2OSi/c1-4-14-26(15-5-1)38(27-16-6-2-7-17-27,28-18-8-3-9-19-28)29-20-12-13-25(23-29)33-35-24-31-30-21-10-11-22-32(30)37-34(31)36-33/h1-24H. The maximum absolute atomic E-state index is 6.08. The number of fused-ring (bicyclic) bond motifs is 3. The zero-order chi connectivity index (χ0) is 25.4. The lowest BCUT2D eigenvalue weighted by atomic mass is 10.2. The second-order valence-electron chi connectivity index (χ2n) is 9.44. The van der Waals surface area contributed by atoms with Crippen LogP contribution in [0.25, 0.3) is 33.5 Å². The maximum atomic E-state index is 6.08. The van der Waals surface area contributed by atoms with Gasteiger partial charge in [0.25, 0.3) is 0 Å². The zero-order valence-electron chi connectivity index (χ0n) is 20.7. The van der Waals surface area contributed by atoms with Crippen molar-refractivity contribution in [2.24, 2.45) is 0 Å². The molecular weight excluding hydrogens is 480 g/mol. The normalized spacial score (nSPS) is 11.7. The first-order valence-corrected chi connectivity index (χ1v) is 14.8. The summed E-state index contributed by atoms with van der Waals surface area (Å²) in [5, 5.41) is 7.26. The van der Waals surface area contributed by atoms with E-state index in [9.17, 15) is 0 Å². The molecule has 0 bridgehead atoms. The molecule has 7 aromatic rings. The van der Waals surface area contributed by atoms with Gasteiger partial charge in [0.2, 0.25) is 5.71 Å². The van der Waals surface area contributed by atoms with E-state index < -0.39 is 8.07 Å². The highest BCUT2D eigenvalue weighted by atomic mass is 28.3. The van der Waals surface area contributed by atoms with Crippen molar-refractivity contribution in [2.75, 3.05) is 0 Å². The fourth-order valence-electron chi connectivity index (χ4n) is 5.61. The third-order valence-corrected chi connectivity index (χ3v) is 12.1. The minimum Gasteiger partial charge on any atom is -0.438 e. The van der Waals surface area contributed by atoms with Crippen LogP contribution in [0.15, 0.2) is 150 Å². The topological polar surface area (TPSA) is 38.9 Å². The van der Waals surface area contributed by atoms with Crippen LogP contribution in [0, 0.1) is 0 Å². The molecule has 0 aliphatic heterocycles. The Morgan fingerprint density at radius 2 is 1.05 bits per heavy atom. The molecule has 4 heteroatoms. The second kappa shape index (κ2) is 9.25. The first-order valence-electron chi connectivity index (χ1n) is 12.8. The predicted octanol–water partition coefficient (Wildman–Crippen LogP) is 5.42. The van der Waals surface area contributed by atoms with E-state index in [0.29, 0.717) is 11.5 Å². The molecule has 0 aliphatic rings. The van der Waals surface area contributed by atoms with Crippen LogP contribution in [0.4, 0.5) is 0 Å². The van der Waals surface area contributed by atoms with Gasteiger partial charge in [-0.05, 0) is 26.8 Å². The fraction of sp³-hybridized carbons (Fsp3) is 0.